The van der Waals surface area contributed by atoms with Crippen molar-refractivity contribution in [2.45, 2.75) is 6.42 Å². The van der Waals surface area contributed by atoms with Crippen molar-refractivity contribution in [3.63, 3.8) is 0 Å². The molecule has 0 aliphatic carbocycles. The van der Waals surface area contributed by atoms with E-state index < -0.39 is 0 Å². The molecule has 3 nitrogen and oxygen atoms in total. The number of aromatic amines is 1. The molecule has 1 aliphatic rings. The van der Waals surface area contributed by atoms with Crippen molar-refractivity contribution in [1.82, 2.24) is 14.9 Å². The predicted molar refractivity (Wildman–Crippen MR) is 98.4 cm³/mol. The maximum absolute atomic E-state index is 13.9. The number of benzene rings is 1. The van der Waals surface area contributed by atoms with Crippen LogP contribution < -0.4 is 0 Å². The summed E-state index contributed by atoms with van der Waals surface area (Å²) in [6.07, 6.45) is 6.84. The molecule has 3 aromatic rings. The Morgan fingerprint density at radius 1 is 1.21 bits per heavy atom. The second-order valence-corrected chi connectivity index (χ2v) is 6.20. The number of halogens is 1. The van der Waals surface area contributed by atoms with Crippen molar-refractivity contribution < 1.29 is 4.39 Å². The van der Waals surface area contributed by atoms with Crippen LogP contribution in [-0.2, 0) is 0 Å². The SMILES string of the molecule is Fc1ccccc1C(=S)N1CC=C(c2c[nH]c3ncccc23)CC1. The molecule has 0 atom stereocenters. The molecule has 0 bridgehead atoms. The van der Waals surface area contributed by atoms with E-state index in [0.717, 1.165) is 24.0 Å². The van der Waals surface area contributed by atoms with E-state index >= 15 is 0 Å². The standard InChI is InChI=1S/C19H16FN3S/c20-17-6-2-1-4-15(17)19(24)23-10-7-13(8-11-23)16-12-22-18-14(16)5-3-9-21-18/h1-7,9,12H,8,10-11H2,(H,21,22). The molecule has 0 saturated heterocycles. The van der Waals surface area contributed by atoms with E-state index in [9.17, 15) is 4.39 Å². The largest absolute Gasteiger partial charge is 0.358 e. The quantitative estimate of drug-likeness (QED) is 0.712. The van der Waals surface area contributed by atoms with Crippen LogP contribution in [0.2, 0.25) is 0 Å². The summed E-state index contributed by atoms with van der Waals surface area (Å²) in [6.45, 7) is 1.47. The van der Waals surface area contributed by atoms with Gasteiger partial charge in [-0.1, -0.05) is 30.4 Å². The number of nitrogens with zero attached hydrogens (tertiary/aromatic N) is 2. The van der Waals surface area contributed by atoms with Gasteiger partial charge in [0.15, 0.2) is 0 Å². The van der Waals surface area contributed by atoms with E-state index in [-0.39, 0.29) is 5.82 Å². The van der Waals surface area contributed by atoms with Crippen LogP contribution in [0.5, 0.6) is 0 Å². The van der Waals surface area contributed by atoms with Crippen molar-refractivity contribution >= 4 is 33.8 Å². The fourth-order valence-corrected chi connectivity index (χ4v) is 3.46. The van der Waals surface area contributed by atoms with Crippen LogP contribution in [0.15, 0.2) is 54.9 Å². The van der Waals surface area contributed by atoms with Crippen LogP contribution in [0.25, 0.3) is 16.6 Å². The monoisotopic (exact) mass is 337 g/mol. The Kier molecular flexibility index (Phi) is 3.86. The summed E-state index contributed by atoms with van der Waals surface area (Å²) in [5.74, 6) is -0.264. The highest BCUT2D eigenvalue weighted by atomic mass is 32.1. The average molecular weight is 337 g/mol. The van der Waals surface area contributed by atoms with Crippen LogP contribution in [0, 0.1) is 5.82 Å². The number of aromatic nitrogens is 2. The Bertz CT molecular complexity index is 944. The summed E-state index contributed by atoms with van der Waals surface area (Å²) in [5.41, 5.74) is 3.87. The molecule has 4 rings (SSSR count). The van der Waals surface area contributed by atoms with Gasteiger partial charge in [-0.3, -0.25) is 0 Å². The number of rotatable bonds is 2. The van der Waals surface area contributed by atoms with Crippen LogP contribution in [0.4, 0.5) is 4.39 Å². The Balaban J connectivity index is 1.57. The summed E-state index contributed by atoms with van der Waals surface area (Å²) < 4.78 is 13.9. The highest BCUT2D eigenvalue weighted by Gasteiger charge is 2.19. The van der Waals surface area contributed by atoms with Gasteiger partial charge < -0.3 is 9.88 Å². The molecule has 5 heteroatoms. The first-order valence-electron chi connectivity index (χ1n) is 7.89. The molecule has 3 heterocycles. The molecule has 0 amide bonds. The first-order chi connectivity index (χ1) is 11.7. The number of nitrogens with one attached hydrogen (secondary N) is 1. The summed E-state index contributed by atoms with van der Waals surface area (Å²) in [6, 6.07) is 10.7. The third-order valence-electron chi connectivity index (χ3n) is 4.40. The summed E-state index contributed by atoms with van der Waals surface area (Å²) >= 11 is 5.48. The highest BCUT2D eigenvalue weighted by Crippen LogP contribution is 2.29. The van der Waals surface area contributed by atoms with E-state index in [0.29, 0.717) is 17.1 Å². The van der Waals surface area contributed by atoms with E-state index in [1.807, 2.05) is 23.2 Å². The van der Waals surface area contributed by atoms with Crippen molar-refractivity contribution in [3.05, 3.63) is 71.8 Å². The van der Waals surface area contributed by atoms with E-state index in [2.05, 4.69) is 22.1 Å². The second-order valence-electron chi connectivity index (χ2n) is 5.81. The zero-order valence-corrected chi connectivity index (χ0v) is 13.8. The normalized spacial score (nSPS) is 14.7. The number of pyridine rings is 1. The zero-order chi connectivity index (χ0) is 16.5. The van der Waals surface area contributed by atoms with Gasteiger partial charge in [0.05, 0.1) is 0 Å². The minimum absolute atomic E-state index is 0.264. The lowest BCUT2D eigenvalue weighted by molar-refractivity contribution is 0.465. The van der Waals surface area contributed by atoms with Gasteiger partial charge in [-0.25, -0.2) is 9.37 Å². The number of thiocarbonyl (C=S) groups is 1. The van der Waals surface area contributed by atoms with E-state index in [1.54, 1.807) is 18.3 Å². The lowest BCUT2D eigenvalue weighted by atomic mass is 9.99. The molecule has 1 aromatic carbocycles. The lowest BCUT2D eigenvalue weighted by Crippen LogP contribution is -2.34. The van der Waals surface area contributed by atoms with Gasteiger partial charge in [0.25, 0.3) is 0 Å². The third kappa shape index (κ3) is 2.61. The van der Waals surface area contributed by atoms with Gasteiger partial charge in [-0.05, 0) is 36.3 Å². The van der Waals surface area contributed by atoms with Crippen molar-refractivity contribution in [1.29, 1.82) is 0 Å². The number of hydrogen-bond acceptors (Lipinski definition) is 2. The van der Waals surface area contributed by atoms with Crippen molar-refractivity contribution in [2.24, 2.45) is 0 Å². The van der Waals surface area contributed by atoms with Gasteiger partial charge in [0, 0.05) is 42.0 Å². The van der Waals surface area contributed by atoms with Crippen LogP contribution in [0.1, 0.15) is 17.5 Å². The van der Waals surface area contributed by atoms with Gasteiger partial charge in [-0.15, -0.1) is 0 Å². The number of fused-ring (bicyclic) bond motifs is 1. The molecule has 0 saturated carbocycles. The fourth-order valence-electron chi connectivity index (χ4n) is 3.12. The van der Waals surface area contributed by atoms with Crippen molar-refractivity contribution in [2.75, 3.05) is 13.1 Å². The molecule has 1 N–H and O–H groups in total. The predicted octanol–water partition coefficient (Wildman–Crippen LogP) is 4.17. The molecule has 0 fully saturated rings. The maximum atomic E-state index is 13.9. The van der Waals surface area contributed by atoms with Gasteiger partial charge in [-0.2, -0.15) is 0 Å². The Labute approximate surface area is 144 Å². The smallest absolute Gasteiger partial charge is 0.137 e. The Morgan fingerprint density at radius 2 is 2.08 bits per heavy atom. The molecule has 120 valence electrons. The maximum Gasteiger partial charge on any atom is 0.137 e. The molecule has 0 spiro atoms. The molecule has 0 radical (unpaired) electrons. The van der Waals surface area contributed by atoms with E-state index in [4.69, 9.17) is 12.2 Å². The zero-order valence-electron chi connectivity index (χ0n) is 13.0. The number of hydrogen-bond donors (Lipinski definition) is 1. The first kappa shape index (κ1) is 15.0. The summed E-state index contributed by atoms with van der Waals surface area (Å²) in [7, 11) is 0. The van der Waals surface area contributed by atoms with Crippen LogP contribution in [-0.4, -0.2) is 32.9 Å². The topological polar surface area (TPSA) is 31.9 Å². The number of H-pyrrole nitrogens is 1. The van der Waals surface area contributed by atoms with Crippen molar-refractivity contribution in [3.8, 4) is 0 Å². The van der Waals surface area contributed by atoms with Gasteiger partial charge >= 0.3 is 0 Å². The van der Waals surface area contributed by atoms with E-state index in [1.165, 1.54) is 17.2 Å². The minimum atomic E-state index is -0.264. The average Bonchev–Trinajstić information content (AvgIpc) is 3.06. The second kappa shape index (κ2) is 6.17. The fraction of sp³-hybridized carbons (Fsp3) is 0.158. The first-order valence-corrected chi connectivity index (χ1v) is 8.30. The molecule has 24 heavy (non-hydrogen) atoms. The molecular formula is C19H16FN3S. The Hall–Kier alpha value is -2.53. The Morgan fingerprint density at radius 3 is 2.88 bits per heavy atom. The van der Waals surface area contributed by atoms with Crippen LogP contribution >= 0.6 is 12.2 Å². The third-order valence-corrected chi connectivity index (χ3v) is 4.88. The molecule has 2 aromatic heterocycles. The highest BCUT2D eigenvalue weighted by molar-refractivity contribution is 7.80. The lowest BCUT2D eigenvalue weighted by Gasteiger charge is -2.29. The molecular weight excluding hydrogens is 321 g/mol. The minimum Gasteiger partial charge on any atom is -0.358 e. The van der Waals surface area contributed by atoms with Gasteiger partial charge in [0.1, 0.15) is 16.5 Å². The molecule has 1 aliphatic heterocycles. The summed E-state index contributed by atoms with van der Waals surface area (Å²) in [5, 5.41) is 1.13. The van der Waals surface area contributed by atoms with Gasteiger partial charge in [0.2, 0.25) is 0 Å². The molecule has 0 unspecified atom stereocenters. The summed E-state index contributed by atoms with van der Waals surface area (Å²) in [4.78, 5) is 10.2. The van der Waals surface area contributed by atoms with Crippen LogP contribution in [0.3, 0.4) is 0 Å².